The van der Waals surface area contributed by atoms with Crippen LogP contribution < -0.4 is 15.4 Å². The Morgan fingerprint density at radius 1 is 1.17 bits per heavy atom. The van der Waals surface area contributed by atoms with Gasteiger partial charge in [-0.1, -0.05) is 26.0 Å². The molecule has 3 heterocycles. The topological polar surface area (TPSA) is 130 Å². The van der Waals surface area contributed by atoms with E-state index in [1.807, 2.05) is 26.0 Å². The highest BCUT2D eigenvalue weighted by Crippen LogP contribution is 2.37. The highest BCUT2D eigenvalue weighted by atomic mass is 32.2. The first-order valence-corrected chi connectivity index (χ1v) is 14.1. The Hall–Kier alpha value is -1.40. The van der Waals surface area contributed by atoms with Crippen LogP contribution in [0.25, 0.3) is 0 Å². The van der Waals surface area contributed by atoms with Crippen molar-refractivity contribution < 1.29 is 34.3 Å². The number of carbonyl (C=O) groups excluding carboxylic acids is 1. The van der Waals surface area contributed by atoms with Crippen LogP contribution in [-0.2, 0) is 14.3 Å². The first-order chi connectivity index (χ1) is 17.2. The maximum Gasteiger partial charge on any atom is 0.240 e. The number of carbonyl (C=O) groups is 1. The molecule has 0 aliphatic carbocycles. The van der Waals surface area contributed by atoms with Gasteiger partial charge >= 0.3 is 0 Å². The van der Waals surface area contributed by atoms with E-state index in [0.29, 0.717) is 19.1 Å². The lowest BCUT2D eigenvalue weighted by Gasteiger charge is -2.44. The number of ether oxygens (including phenoxy) is 3. The zero-order chi connectivity index (χ0) is 26.0. The van der Waals surface area contributed by atoms with Crippen LogP contribution in [-0.4, -0.2) is 95.8 Å². The number of nitrogens with one attached hydrogen (secondary N) is 2. The molecule has 0 spiro atoms. The summed E-state index contributed by atoms with van der Waals surface area (Å²) in [6.07, 6.45) is -1.39. The first kappa shape index (κ1) is 27.6. The number of hydrogen-bond acceptors (Lipinski definition) is 9. The van der Waals surface area contributed by atoms with Gasteiger partial charge in [0.15, 0.2) is 0 Å². The Labute approximate surface area is 217 Å². The second-order valence-corrected chi connectivity index (χ2v) is 11.4. The summed E-state index contributed by atoms with van der Waals surface area (Å²) in [6.45, 7) is 5.11. The van der Waals surface area contributed by atoms with E-state index in [2.05, 4.69) is 22.8 Å². The van der Waals surface area contributed by atoms with Gasteiger partial charge in [0.25, 0.3) is 0 Å². The molecule has 9 nitrogen and oxygen atoms in total. The molecule has 1 aromatic rings. The van der Waals surface area contributed by atoms with Gasteiger partial charge in [0.05, 0.1) is 19.3 Å². The molecular formula is C26H40N2O7S. The van der Waals surface area contributed by atoms with E-state index in [1.165, 1.54) is 17.3 Å². The summed E-state index contributed by atoms with van der Waals surface area (Å²) in [4.78, 5) is 13.5. The van der Waals surface area contributed by atoms with Crippen LogP contribution in [0.3, 0.4) is 0 Å². The summed E-state index contributed by atoms with van der Waals surface area (Å²) in [5, 5.41) is 37.7. The van der Waals surface area contributed by atoms with Crippen molar-refractivity contribution >= 4 is 17.7 Å². The summed E-state index contributed by atoms with van der Waals surface area (Å²) < 4.78 is 17.5. The number of benzene rings is 1. The third-order valence-electron chi connectivity index (χ3n) is 7.85. The Morgan fingerprint density at radius 2 is 1.89 bits per heavy atom. The van der Waals surface area contributed by atoms with E-state index in [4.69, 9.17) is 14.2 Å². The molecule has 3 saturated heterocycles. The normalized spacial score (nSPS) is 37.7. The number of rotatable bonds is 7. The average molecular weight is 525 g/mol. The van der Waals surface area contributed by atoms with E-state index < -0.39 is 41.9 Å². The van der Waals surface area contributed by atoms with Gasteiger partial charge in [0.2, 0.25) is 5.91 Å². The molecule has 3 aliphatic heterocycles. The molecule has 1 aromatic carbocycles. The fraction of sp³-hybridized carbons (Fsp3) is 0.731. The molecule has 0 bridgehead atoms. The summed E-state index contributed by atoms with van der Waals surface area (Å²) in [5.41, 5.74) is 0.556. The Kier molecular flexibility index (Phi) is 9.19. The molecule has 1 amide bonds. The molecule has 4 rings (SSSR count). The first-order valence-electron chi connectivity index (χ1n) is 12.8. The zero-order valence-electron chi connectivity index (χ0n) is 21.4. The predicted octanol–water partition coefficient (Wildman–Crippen LogP) is 0.857. The van der Waals surface area contributed by atoms with Crippen molar-refractivity contribution in [2.24, 2.45) is 11.8 Å². The minimum absolute atomic E-state index is 0.0785. The van der Waals surface area contributed by atoms with Gasteiger partial charge in [-0.05, 0) is 48.6 Å². The maximum atomic E-state index is 13.5. The molecule has 3 unspecified atom stereocenters. The highest BCUT2D eigenvalue weighted by molar-refractivity contribution is 7.99. The minimum Gasteiger partial charge on any atom is -0.497 e. The monoisotopic (exact) mass is 524 g/mol. The molecular weight excluding hydrogens is 484 g/mol. The molecule has 202 valence electrons. The van der Waals surface area contributed by atoms with Gasteiger partial charge in [0.1, 0.15) is 41.6 Å². The third-order valence-corrected chi connectivity index (χ3v) is 8.70. The predicted molar refractivity (Wildman–Crippen MR) is 137 cm³/mol. The van der Waals surface area contributed by atoms with Crippen LogP contribution in [0, 0.1) is 11.8 Å². The molecule has 10 atom stereocenters. The summed E-state index contributed by atoms with van der Waals surface area (Å²) in [5.74, 6) is 1.09. The maximum absolute atomic E-state index is 13.5. The molecule has 36 heavy (non-hydrogen) atoms. The highest BCUT2D eigenvalue weighted by Gasteiger charge is 2.49. The Balaban J connectivity index is 1.43. The molecule has 0 saturated carbocycles. The van der Waals surface area contributed by atoms with Gasteiger partial charge in [-0.15, -0.1) is 11.8 Å². The van der Waals surface area contributed by atoms with E-state index in [0.717, 1.165) is 18.6 Å². The van der Waals surface area contributed by atoms with Crippen molar-refractivity contribution in [3.8, 4) is 5.75 Å². The fourth-order valence-electron chi connectivity index (χ4n) is 5.73. The quantitative estimate of drug-likeness (QED) is 0.353. The van der Waals surface area contributed by atoms with Crippen LogP contribution in [0.15, 0.2) is 24.3 Å². The zero-order valence-corrected chi connectivity index (χ0v) is 22.2. The average Bonchev–Trinajstić information content (AvgIpc) is 3.16. The summed E-state index contributed by atoms with van der Waals surface area (Å²) in [7, 11) is 1.66. The molecule has 0 radical (unpaired) electrons. The van der Waals surface area contributed by atoms with Crippen molar-refractivity contribution in [3.63, 3.8) is 0 Å². The number of hydrogen-bond donors (Lipinski definition) is 5. The standard InChI is InChI=1S/C26H40N2O7S/c1-13(2)18(24-21(30)20(29)22(31)26(35-24)36-4)28-25(32)19-23-16(12-27-19)11-15(9-10-34-23)14-5-7-17(33-3)8-6-14/h5-8,13,15-16,18-24,26-27,29-31H,9-12H2,1-4H3,(H,28,32)/t15-,16-,18+,19-,20?,21?,22+,23+,24+,26?/m0/s1. The number of thioether (sulfide) groups is 1. The van der Waals surface area contributed by atoms with Gasteiger partial charge in [-0.25, -0.2) is 0 Å². The van der Waals surface area contributed by atoms with Gasteiger partial charge in [-0.2, -0.15) is 0 Å². The second kappa shape index (κ2) is 12.0. The number of amides is 1. The summed E-state index contributed by atoms with van der Waals surface area (Å²) >= 11 is 1.26. The van der Waals surface area contributed by atoms with Crippen LogP contribution >= 0.6 is 11.8 Å². The van der Waals surface area contributed by atoms with Crippen LogP contribution in [0.4, 0.5) is 0 Å². The third kappa shape index (κ3) is 5.70. The second-order valence-electron chi connectivity index (χ2n) is 10.4. The lowest BCUT2D eigenvalue weighted by atomic mass is 9.85. The van der Waals surface area contributed by atoms with Crippen LogP contribution in [0.5, 0.6) is 5.75 Å². The largest absolute Gasteiger partial charge is 0.497 e. The molecule has 3 aliphatic rings. The Bertz CT molecular complexity index is 870. The van der Waals surface area contributed by atoms with Crippen molar-refractivity contribution in [3.05, 3.63) is 29.8 Å². The fourth-order valence-corrected chi connectivity index (χ4v) is 6.41. The van der Waals surface area contributed by atoms with Crippen molar-refractivity contribution in [2.75, 3.05) is 26.5 Å². The minimum atomic E-state index is -1.35. The molecule has 3 fully saturated rings. The number of aliphatic hydroxyl groups excluding tert-OH is 3. The van der Waals surface area contributed by atoms with E-state index in [-0.39, 0.29) is 23.8 Å². The molecule has 0 aromatic heterocycles. The van der Waals surface area contributed by atoms with E-state index in [1.54, 1.807) is 13.4 Å². The SMILES string of the molecule is COc1ccc([C@H]2CCO[C@@H]3[C@H](CN[C@@H]3C(=O)N[C@H](C(C)C)[C@H]3OC(SC)[C@H](O)C(O)C3O)C2)cc1. The van der Waals surface area contributed by atoms with Gasteiger partial charge < -0.3 is 40.2 Å². The number of aliphatic hydroxyl groups is 3. The number of fused-ring (bicyclic) bond motifs is 1. The van der Waals surface area contributed by atoms with Crippen molar-refractivity contribution in [2.45, 2.75) is 80.6 Å². The summed E-state index contributed by atoms with van der Waals surface area (Å²) in [6, 6.07) is 7.10. The van der Waals surface area contributed by atoms with Crippen LogP contribution in [0.2, 0.25) is 0 Å². The van der Waals surface area contributed by atoms with Crippen molar-refractivity contribution in [1.29, 1.82) is 0 Å². The smallest absolute Gasteiger partial charge is 0.240 e. The number of methoxy groups -OCH3 is 1. The van der Waals surface area contributed by atoms with Gasteiger partial charge in [-0.3, -0.25) is 4.79 Å². The van der Waals surface area contributed by atoms with Crippen LogP contribution in [0.1, 0.15) is 38.2 Å². The molecule has 5 N–H and O–H groups in total. The van der Waals surface area contributed by atoms with E-state index in [9.17, 15) is 20.1 Å². The van der Waals surface area contributed by atoms with Crippen molar-refractivity contribution in [1.82, 2.24) is 10.6 Å². The lowest BCUT2D eigenvalue weighted by Crippen LogP contribution is -2.65. The Morgan fingerprint density at radius 3 is 2.53 bits per heavy atom. The van der Waals surface area contributed by atoms with Gasteiger partial charge in [0, 0.05) is 19.1 Å². The molecule has 10 heteroatoms. The lowest BCUT2D eigenvalue weighted by molar-refractivity contribution is -0.208. The van der Waals surface area contributed by atoms with E-state index >= 15 is 0 Å².